The van der Waals surface area contributed by atoms with Gasteiger partial charge < -0.3 is 9.84 Å². The van der Waals surface area contributed by atoms with Gasteiger partial charge in [0.05, 0.1) is 14.8 Å². The van der Waals surface area contributed by atoms with Crippen LogP contribution in [0.5, 0.6) is 5.75 Å². The number of carbonyl (C=O) groups is 1. The second kappa shape index (κ2) is 5.51. The van der Waals surface area contributed by atoms with E-state index in [1.54, 1.807) is 13.8 Å². The third-order valence-corrected chi connectivity index (χ3v) is 6.10. The van der Waals surface area contributed by atoms with Gasteiger partial charge in [0.15, 0.2) is 6.61 Å². The van der Waals surface area contributed by atoms with Crippen LogP contribution in [0.15, 0.2) is 15.9 Å². The lowest BCUT2D eigenvalue weighted by Gasteiger charge is -2.11. The molecule has 0 aromatic heterocycles. The van der Waals surface area contributed by atoms with Gasteiger partial charge in [-0.1, -0.05) is 37.0 Å². The fraction of sp³-hybridized carbons (Fsp3) is 0.308. The van der Waals surface area contributed by atoms with Crippen molar-refractivity contribution in [1.82, 2.24) is 0 Å². The van der Waals surface area contributed by atoms with E-state index in [1.807, 2.05) is 0 Å². The predicted octanol–water partition coefficient (Wildman–Crippen LogP) is 3.24. The predicted molar refractivity (Wildman–Crippen MR) is 79.6 cm³/mol. The van der Waals surface area contributed by atoms with E-state index in [4.69, 9.17) is 33.0 Å². The van der Waals surface area contributed by atoms with Gasteiger partial charge in [0, 0.05) is 0 Å². The smallest absolute Gasteiger partial charge is 0.341 e. The second-order valence-corrected chi connectivity index (χ2v) is 7.45. The minimum atomic E-state index is -3.67. The summed E-state index contributed by atoms with van der Waals surface area (Å²) in [5.41, 5.74) is 0.355. The summed E-state index contributed by atoms with van der Waals surface area (Å²) in [7, 11) is -3.67. The third-order valence-electron chi connectivity index (χ3n) is 2.95. The summed E-state index contributed by atoms with van der Waals surface area (Å²) in [5.74, 6) is -1.34. The Morgan fingerprint density at radius 3 is 2.48 bits per heavy atom. The summed E-state index contributed by atoms with van der Waals surface area (Å²) < 4.78 is 29.9. The normalized spacial score (nSPS) is 15.8. The summed E-state index contributed by atoms with van der Waals surface area (Å²) in [5, 5.41) is 8.35. The highest BCUT2D eigenvalue weighted by Crippen LogP contribution is 2.46. The van der Waals surface area contributed by atoms with Crippen LogP contribution in [0.3, 0.4) is 0 Å². The van der Waals surface area contributed by atoms with Crippen LogP contribution >= 0.6 is 23.2 Å². The molecular weight excluding hydrogens is 339 g/mol. The molecule has 0 bridgehead atoms. The minimum absolute atomic E-state index is 0.0410. The molecule has 0 aliphatic carbocycles. The maximum absolute atomic E-state index is 12.4. The second-order valence-electron chi connectivity index (χ2n) is 4.81. The summed E-state index contributed by atoms with van der Waals surface area (Å²) in [6.07, 6.45) is 1.51. The molecule has 0 atom stereocenters. The van der Waals surface area contributed by atoms with E-state index in [0.717, 1.165) is 0 Å². The van der Waals surface area contributed by atoms with E-state index in [9.17, 15) is 13.2 Å². The van der Waals surface area contributed by atoms with Crippen molar-refractivity contribution in [3.63, 3.8) is 0 Å². The lowest BCUT2D eigenvalue weighted by molar-refractivity contribution is -0.139. The van der Waals surface area contributed by atoms with Gasteiger partial charge in [-0.25, -0.2) is 13.2 Å². The molecule has 0 fully saturated rings. The summed E-state index contributed by atoms with van der Waals surface area (Å²) in [6, 6.07) is 1.39. The number of fused-ring (bicyclic) bond motifs is 1. The first-order chi connectivity index (χ1) is 9.66. The van der Waals surface area contributed by atoms with Crippen molar-refractivity contribution in [2.24, 2.45) is 5.92 Å². The van der Waals surface area contributed by atoms with Crippen LogP contribution < -0.4 is 4.74 Å². The number of hydrogen-bond donors (Lipinski definition) is 1. The average Bonchev–Trinajstić information content (AvgIpc) is 2.63. The van der Waals surface area contributed by atoms with Crippen molar-refractivity contribution >= 4 is 45.1 Å². The van der Waals surface area contributed by atoms with Gasteiger partial charge in [-0.05, 0) is 23.6 Å². The molecule has 21 heavy (non-hydrogen) atoms. The molecule has 8 heteroatoms. The summed E-state index contributed by atoms with van der Waals surface area (Å²) in [4.78, 5) is 10.7. The SMILES string of the molecule is CC(C)C1=Cc2cc(OCC(=O)O)c(Cl)c(Cl)c2S1(=O)=O. The van der Waals surface area contributed by atoms with Crippen molar-refractivity contribution < 1.29 is 23.1 Å². The van der Waals surface area contributed by atoms with E-state index in [1.165, 1.54) is 12.1 Å². The molecule has 0 amide bonds. The fourth-order valence-corrected chi connectivity index (χ4v) is 4.73. The highest BCUT2D eigenvalue weighted by atomic mass is 35.5. The van der Waals surface area contributed by atoms with E-state index in [-0.39, 0.29) is 31.5 Å². The number of benzene rings is 1. The number of rotatable bonds is 4. The summed E-state index contributed by atoms with van der Waals surface area (Å²) in [6.45, 7) is 2.92. The van der Waals surface area contributed by atoms with Crippen LogP contribution in [-0.4, -0.2) is 26.1 Å². The standard InChI is InChI=1S/C13H12Cl2O5S/c1-6(2)9-4-7-3-8(20-5-10(16)17)11(14)12(15)13(7)21(9,18)19/h3-4,6H,5H2,1-2H3,(H,16,17). The Morgan fingerprint density at radius 1 is 1.33 bits per heavy atom. The maximum atomic E-state index is 12.4. The zero-order chi connectivity index (χ0) is 15.9. The average molecular weight is 351 g/mol. The molecule has 0 spiro atoms. The zero-order valence-electron chi connectivity index (χ0n) is 11.2. The minimum Gasteiger partial charge on any atom is -0.480 e. The van der Waals surface area contributed by atoms with Gasteiger partial charge >= 0.3 is 5.97 Å². The van der Waals surface area contributed by atoms with Gasteiger partial charge in [0.1, 0.15) is 10.8 Å². The zero-order valence-corrected chi connectivity index (χ0v) is 13.5. The lowest BCUT2D eigenvalue weighted by atomic mass is 10.1. The molecular formula is C13H12Cl2O5S. The molecule has 1 aromatic carbocycles. The maximum Gasteiger partial charge on any atom is 0.341 e. The van der Waals surface area contributed by atoms with Gasteiger partial charge in [0.25, 0.3) is 0 Å². The van der Waals surface area contributed by atoms with Crippen molar-refractivity contribution in [2.75, 3.05) is 6.61 Å². The number of carboxylic acid groups (broad SMARTS) is 1. The molecule has 1 aromatic rings. The number of sulfone groups is 1. The van der Waals surface area contributed by atoms with Crippen molar-refractivity contribution in [3.8, 4) is 5.75 Å². The molecule has 1 heterocycles. The van der Waals surface area contributed by atoms with Crippen molar-refractivity contribution in [3.05, 3.63) is 26.6 Å². The highest BCUT2D eigenvalue weighted by Gasteiger charge is 2.35. The number of hydrogen-bond acceptors (Lipinski definition) is 4. The Kier molecular flexibility index (Phi) is 4.24. The first-order valence-corrected chi connectivity index (χ1v) is 8.23. The van der Waals surface area contributed by atoms with Crippen molar-refractivity contribution in [2.45, 2.75) is 18.7 Å². The van der Waals surface area contributed by atoms with Crippen LogP contribution in [0.4, 0.5) is 0 Å². The van der Waals surface area contributed by atoms with Crippen molar-refractivity contribution in [1.29, 1.82) is 0 Å². The Bertz CT molecular complexity index is 750. The number of halogens is 2. The van der Waals surface area contributed by atoms with Gasteiger partial charge in [-0.15, -0.1) is 0 Å². The molecule has 2 rings (SSSR count). The van der Waals surface area contributed by atoms with Crippen LogP contribution in [0.1, 0.15) is 19.4 Å². The number of allylic oxidation sites excluding steroid dienone is 1. The molecule has 1 N–H and O–H groups in total. The van der Waals surface area contributed by atoms with E-state index in [2.05, 4.69) is 0 Å². The Labute approximate surface area is 132 Å². The Hall–Kier alpha value is -1.24. The van der Waals surface area contributed by atoms with E-state index < -0.39 is 22.4 Å². The van der Waals surface area contributed by atoms with Crippen LogP contribution in [-0.2, 0) is 14.6 Å². The molecule has 114 valence electrons. The molecule has 1 aliphatic heterocycles. The molecule has 0 unspecified atom stereocenters. The first kappa shape index (κ1) is 16.1. The molecule has 1 aliphatic rings. The van der Waals surface area contributed by atoms with Gasteiger partial charge in [0.2, 0.25) is 9.84 Å². The van der Waals surface area contributed by atoms with Crippen LogP contribution in [0.25, 0.3) is 6.08 Å². The quantitative estimate of drug-likeness (QED) is 0.901. The molecule has 0 radical (unpaired) electrons. The van der Waals surface area contributed by atoms with Gasteiger partial charge in [-0.2, -0.15) is 0 Å². The van der Waals surface area contributed by atoms with Gasteiger partial charge in [-0.3, -0.25) is 0 Å². The molecule has 0 saturated carbocycles. The lowest BCUT2D eigenvalue weighted by Crippen LogP contribution is -2.10. The van der Waals surface area contributed by atoms with Crippen LogP contribution in [0.2, 0.25) is 10.0 Å². The summed E-state index contributed by atoms with van der Waals surface area (Å²) >= 11 is 12.0. The molecule has 0 saturated heterocycles. The van der Waals surface area contributed by atoms with E-state index >= 15 is 0 Å². The van der Waals surface area contributed by atoms with E-state index in [0.29, 0.717) is 5.56 Å². The number of carboxylic acids is 1. The fourth-order valence-electron chi connectivity index (χ4n) is 2.06. The highest BCUT2D eigenvalue weighted by molar-refractivity contribution is 7.96. The first-order valence-electron chi connectivity index (χ1n) is 5.99. The molecule has 5 nitrogen and oxygen atoms in total. The van der Waals surface area contributed by atoms with Crippen LogP contribution in [0, 0.1) is 5.92 Å². The third kappa shape index (κ3) is 2.75. The number of aliphatic carboxylic acids is 1. The monoisotopic (exact) mass is 350 g/mol. The Morgan fingerprint density at radius 2 is 1.95 bits per heavy atom. The largest absolute Gasteiger partial charge is 0.480 e. The topological polar surface area (TPSA) is 80.7 Å². The number of ether oxygens (including phenoxy) is 1. The Balaban J connectivity index is 2.59.